The summed E-state index contributed by atoms with van der Waals surface area (Å²) >= 11 is 0. The van der Waals surface area contributed by atoms with Gasteiger partial charge < -0.3 is 21.2 Å². The summed E-state index contributed by atoms with van der Waals surface area (Å²) in [6.07, 6.45) is 1.23. The van der Waals surface area contributed by atoms with Gasteiger partial charge in [-0.1, -0.05) is 0 Å². The van der Waals surface area contributed by atoms with E-state index < -0.39 is 11.7 Å². The van der Waals surface area contributed by atoms with Crippen LogP contribution < -0.4 is 22.4 Å². The third kappa shape index (κ3) is 4.30. The average molecular weight is 326 g/mol. The molecule has 0 aliphatic carbocycles. The zero-order valence-electron chi connectivity index (χ0n) is 12.3. The zero-order chi connectivity index (χ0) is 15.4. The molecule has 0 aliphatic heterocycles. The van der Waals surface area contributed by atoms with E-state index in [2.05, 4.69) is 5.32 Å². The summed E-state index contributed by atoms with van der Waals surface area (Å²) in [5.41, 5.74) is 12.6. The molecule has 0 saturated heterocycles. The minimum atomic E-state index is -0.603. The number of anilines is 1. The molecule has 1 amide bonds. The van der Waals surface area contributed by atoms with Crippen LogP contribution in [0.15, 0.2) is 33.5 Å². The predicted molar refractivity (Wildman–Crippen MR) is 89.4 cm³/mol. The van der Waals surface area contributed by atoms with Gasteiger partial charge >= 0.3 is 5.63 Å². The second-order valence-corrected chi connectivity index (χ2v) is 4.99. The molecule has 120 valence electrons. The summed E-state index contributed by atoms with van der Waals surface area (Å²) in [5, 5.41) is 3.55. The van der Waals surface area contributed by atoms with Gasteiger partial charge in [0.25, 0.3) is 0 Å². The number of fused-ring (bicyclic) bond motifs is 1. The van der Waals surface area contributed by atoms with E-state index in [0.29, 0.717) is 30.7 Å². The van der Waals surface area contributed by atoms with E-state index in [9.17, 15) is 9.59 Å². The summed E-state index contributed by atoms with van der Waals surface area (Å²) in [5.74, 6) is -0.280. The fourth-order valence-corrected chi connectivity index (χ4v) is 2.11. The molecule has 1 heterocycles. The van der Waals surface area contributed by atoms with Crippen LogP contribution in [0.3, 0.4) is 0 Å². The largest absolute Gasteiger partial charge is 0.423 e. The van der Waals surface area contributed by atoms with Crippen molar-refractivity contribution >= 4 is 35.0 Å². The highest BCUT2D eigenvalue weighted by Crippen LogP contribution is 2.20. The topological polar surface area (TPSA) is 111 Å². The van der Waals surface area contributed by atoms with Crippen molar-refractivity contribution < 1.29 is 9.21 Å². The number of carbonyl (C=O) groups is 1. The second-order valence-electron chi connectivity index (χ2n) is 4.99. The average Bonchev–Trinajstić information content (AvgIpc) is 2.44. The molecule has 5 N–H and O–H groups in total. The van der Waals surface area contributed by atoms with Crippen LogP contribution in [-0.2, 0) is 4.79 Å². The number of rotatable bonds is 5. The zero-order valence-corrected chi connectivity index (χ0v) is 13.1. The van der Waals surface area contributed by atoms with Crippen molar-refractivity contribution in [1.82, 2.24) is 0 Å². The molecular formula is C15H20ClN3O3. The first kappa shape index (κ1) is 18.2. The Morgan fingerprint density at radius 1 is 1.36 bits per heavy atom. The number of amides is 1. The van der Waals surface area contributed by atoms with Crippen LogP contribution in [0.4, 0.5) is 5.69 Å². The maximum Gasteiger partial charge on any atom is 0.336 e. The van der Waals surface area contributed by atoms with Gasteiger partial charge in [-0.3, -0.25) is 4.79 Å². The van der Waals surface area contributed by atoms with Gasteiger partial charge in [0.1, 0.15) is 5.58 Å². The predicted octanol–water partition coefficient (Wildman–Crippen LogP) is 1.53. The number of hydrogen-bond donors (Lipinski definition) is 3. The maximum absolute atomic E-state index is 11.9. The van der Waals surface area contributed by atoms with E-state index in [0.717, 1.165) is 10.9 Å². The van der Waals surface area contributed by atoms with Crippen LogP contribution in [0.5, 0.6) is 0 Å². The Bertz CT molecular complexity index is 715. The van der Waals surface area contributed by atoms with Gasteiger partial charge in [-0.2, -0.15) is 0 Å². The van der Waals surface area contributed by atoms with Crippen molar-refractivity contribution in [3.8, 4) is 0 Å². The Morgan fingerprint density at radius 2 is 2.09 bits per heavy atom. The number of carbonyl (C=O) groups excluding carboxylic acids is 1. The normalized spacial score (nSPS) is 11.8. The van der Waals surface area contributed by atoms with Gasteiger partial charge in [-0.15, -0.1) is 12.4 Å². The third-order valence-corrected chi connectivity index (χ3v) is 3.27. The second kappa shape index (κ2) is 7.93. The van der Waals surface area contributed by atoms with Crippen LogP contribution >= 0.6 is 12.4 Å². The molecule has 1 atom stereocenters. The quantitative estimate of drug-likeness (QED) is 0.722. The molecule has 0 saturated carbocycles. The van der Waals surface area contributed by atoms with Crippen molar-refractivity contribution in [3.05, 3.63) is 40.2 Å². The van der Waals surface area contributed by atoms with E-state index in [1.165, 1.54) is 6.07 Å². The van der Waals surface area contributed by atoms with Crippen molar-refractivity contribution in [2.24, 2.45) is 11.5 Å². The highest BCUT2D eigenvalue weighted by molar-refractivity contribution is 5.96. The van der Waals surface area contributed by atoms with Gasteiger partial charge in [0.05, 0.1) is 6.04 Å². The molecule has 2 aromatic rings. The van der Waals surface area contributed by atoms with E-state index in [1.807, 2.05) is 6.92 Å². The molecule has 1 aromatic heterocycles. The van der Waals surface area contributed by atoms with Gasteiger partial charge in [0, 0.05) is 23.2 Å². The molecule has 0 bridgehead atoms. The molecule has 2 rings (SSSR count). The van der Waals surface area contributed by atoms with Crippen LogP contribution in [0.2, 0.25) is 0 Å². The Labute approximate surface area is 134 Å². The van der Waals surface area contributed by atoms with Gasteiger partial charge in [-0.05, 0) is 44.0 Å². The van der Waals surface area contributed by atoms with Crippen LogP contribution in [0.1, 0.15) is 18.4 Å². The molecule has 1 aromatic carbocycles. The number of aryl methyl sites for hydroxylation is 1. The summed E-state index contributed by atoms with van der Waals surface area (Å²) < 4.78 is 5.14. The summed E-state index contributed by atoms with van der Waals surface area (Å²) in [6, 6.07) is 6.01. The molecule has 0 fully saturated rings. The Morgan fingerprint density at radius 3 is 2.77 bits per heavy atom. The van der Waals surface area contributed by atoms with Crippen molar-refractivity contribution in [1.29, 1.82) is 0 Å². The minimum absolute atomic E-state index is 0. The summed E-state index contributed by atoms with van der Waals surface area (Å²) in [4.78, 5) is 23.3. The number of nitrogens with two attached hydrogens (primary N) is 2. The number of halogens is 1. The van der Waals surface area contributed by atoms with E-state index in [4.69, 9.17) is 15.9 Å². The van der Waals surface area contributed by atoms with E-state index >= 15 is 0 Å². The highest BCUT2D eigenvalue weighted by atomic mass is 35.5. The Balaban J connectivity index is 0.00000242. The molecule has 0 radical (unpaired) electrons. The standard InChI is InChI=1S/C15H19N3O3.ClH/c1-9-7-14(19)21-13-8-10(4-5-11(9)13)18-15(20)12(17)3-2-6-16;/h4-5,7-8,12H,2-3,6,16-17H2,1H3,(H,18,20);1H/t12-;/m0./s1. The van der Waals surface area contributed by atoms with Gasteiger partial charge in [0.2, 0.25) is 5.91 Å². The Kier molecular flexibility index (Phi) is 6.55. The fraction of sp³-hybridized carbons (Fsp3) is 0.333. The smallest absolute Gasteiger partial charge is 0.336 e. The lowest BCUT2D eigenvalue weighted by Gasteiger charge is -2.12. The first-order valence-electron chi connectivity index (χ1n) is 6.82. The maximum atomic E-state index is 11.9. The Hall–Kier alpha value is -1.89. The number of hydrogen-bond acceptors (Lipinski definition) is 5. The molecule has 7 heteroatoms. The molecular weight excluding hydrogens is 306 g/mol. The monoisotopic (exact) mass is 325 g/mol. The van der Waals surface area contributed by atoms with Crippen LogP contribution in [0.25, 0.3) is 11.0 Å². The first-order chi connectivity index (χ1) is 10.0. The lowest BCUT2D eigenvalue weighted by Crippen LogP contribution is -2.35. The minimum Gasteiger partial charge on any atom is -0.423 e. The molecule has 0 unspecified atom stereocenters. The van der Waals surface area contributed by atoms with E-state index in [1.54, 1.807) is 18.2 Å². The SMILES string of the molecule is Cc1cc(=O)oc2cc(NC(=O)[C@@H](N)CCCN)ccc12.Cl. The highest BCUT2D eigenvalue weighted by Gasteiger charge is 2.13. The first-order valence-corrected chi connectivity index (χ1v) is 6.82. The third-order valence-electron chi connectivity index (χ3n) is 3.27. The lowest BCUT2D eigenvalue weighted by molar-refractivity contribution is -0.117. The number of benzene rings is 1. The molecule has 0 spiro atoms. The molecule has 22 heavy (non-hydrogen) atoms. The van der Waals surface area contributed by atoms with Crippen LogP contribution in [-0.4, -0.2) is 18.5 Å². The van der Waals surface area contributed by atoms with Crippen LogP contribution in [0, 0.1) is 6.92 Å². The summed E-state index contributed by atoms with van der Waals surface area (Å²) in [7, 11) is 0. The van der Waals surface area contributed by atoms with E-state index in [-0.39, 0.29) is 18.3 Å². The number of nitrogens with one attached hydrogen (secondary N) is 1. The lowest BCUT2D eigenvalue weighted by atomic mass is 10.1. The van der Waals surface area contributed by atoms with Crippen molar-refractivity contribution in [3.63, 3.8) is 0 Å². The van der Waals surface area contributed by atoms with Crippen molar-refractivity contribution in [2.45, 2.75) is 25.8 Å². The van der Waals surface area contributed by atoms with Crippen molar-refractivity contribution in [2.75, 3.05) is 11.9 Å². The van der Waals surface area contributed by atoms with Gasteiger partial charge in [-0.25, -0.2) is 4.79 Å². The molecule has 6 nitrogen and oxygen atoms in total. The fourth-order valence-electron chi connectivity index (χ4n) is 2.11. The van der Waals surface area contributed by atoms with Gasteiger partial charge in [0.15, 0.2) is 0 Å². The molecule has 0 aliphatic rings. The summed E-state index contributed by atoms with van der Waals surface area (Å²) in [6.45, 7) is 2.33.